The Kier molecular flexibility index (Phi) is 6.86. The van der Waals surface area contributed by atoms with E-state index in [1.54, 1.807) is 18.2 Å². The van der Waals surface area contributed by atoms with E-state index >= 15 is 0 Å². The van der Waals surface area contributed by atoms with Crippen molar-refractivity contribution in [2.24, 2.45) is 0 Å². The number of carbonyl (C=O) groups excluding carboxylic acids is 2. The van der Waals surface area contributed by atoms with Crippen molar-refractivity contribution in [2.45, 2.75) is 20.3 Å². The summed E-state index contributed by atoms with van der Waals surface area (Å²) in [7, 11) is 3.98. The standard InChI is InChI=1S/C20H26N4O2/c1-14-8-5-9-15(2)18(14)23-20(26)17-11-6-10-16(22-17)19(25)21-12-7-13-24(3)4/h5-6,8-11H,7,12-13H2,1-4H3,(H,21,25)(H,23,26). The Hall–Kier alpha value is -2.73. The van der Waals surface area contributed by atoms with Crippen LogP contribution in [0.15, 0.2) is 36.4 Å². The number of aromatic nitrogens is 1. The highest BCUT2D eigenvalue weighted by Crippen LogP contribution is 2.20. The third-order valence-corrected chi connectivity index (χ3v) is 4.00. The lowest BCUT2D eigenvalue weighted by Crippen LogP contribution is -2.28. The van der Waals surface area contributed by atoms with Crippen molar-refractivity contribution in [2.75, 3.05) is 32.5 Å². The fraction of sp³-hybridized carbons (Fsp3) is 0.350. The Morgan fingerprint density at radius 1 is 0.962 bits per heavy atom. The van der Waals surface area contributed by atoms with Crippen LogP contribution in [-0.2, 0) is 0 Å². The third kappa shape index (κ3) is 5.39. The molecular weight excluding hydrogens is 328 g/mol. The maximum absolute atomic E-state index is 12.5. The SMILES string of the molecule is Cc1cccc(C)c1NC(=O)c1cccc(C(=O)NCCCN(C)C)n1. The van der Waals surface area contributed by atoms with Crippen LogP contribution in [-0.4, -0.2) is 48.9 Å². The summed E-state index contributed by atoms with van der Waals surface area (Å²) in [4.78, 5) is 31.0. The molecule has 0 radical (unpaired) electrons. The summed E-state index contributed by atoms with van der Waals surface area (Å²) in [5, 5.41) is 5.72. The van der Waals surface area contributed by atoms with E-state index in [0.29, 0.717) is 6.54 Å². The Bertz CT molecular complexity index is 767. The van der Waals surface area contributed by atoms with Gasteiger partial charge in [0.25, 0.3) is 11.8 Å². The zero-order chi connectivity index (χ0) is 19.1. The molecule has 1 aromatic heterocycles. The van der Waals surface area contributed by atoms with E-state index in [9.17, 15) is 9.59 Å². The second-order valence-electron chi connectivity index (χ2n) is 6.54. The number of benzene rings is 1. The number of aryl methyl sites for hydroxylation is 2. The van der Waals surface area contributed by atoms with Crippen molar-refractivity contribution in [3.63, 3.8) is 0 Å². The molecule has 0 bridgehead atoms. The topological polar surface area (TPSA) is 74.3 Å². The van der Waals surface area contributed by atoms with E-state index in [0.717, 1.165) is 29.8 Å². The van der Waals surface area contributed by atoms with Crippen molar-refractivity contribution in [3.05, 3.63) is 58.9 Å². The first-order valence-corrected chi connectivity index (χ1v) is 8.66. The minimum atomic E-state index is -0.329. The van der Waals surface area contributed by atoms with Gasteiger partial charge < -0.3 is 15.5 Å². The predicted octanol–water partition coefficient (Wildman–Crippen LogP) is 2.63. The van der Waals surface area contributed by atoms with Crippen molar-refractivity contribution >= 4 is 17.5 Å². The number of anilines is 1. The van der Waals surface area contributed by atoms with Gasteiger partial charge in [0.1, 0.15) is 11.4 Å². The lowest BCUT2D eigenvalue weighted by atomic mass is 10.1. The molecule has 0 aliphatic rings. The van der Waals surface area contributed by atoms with Crippen molar-refractivity contribution in [1.29, 1.82) is 0 Å². The largest absolute Gasteiger partial charge is 0.351 e. The van der Waals surface area contributed by atoms with E-state index in [4.69, 9.17) is 0 Å². The highest BCUT2D eigenvalue weighted by atomic mass is 16.2. The molecular formula is C20H26N4O2. The Morgan fingerprint density at radius 3 is 2.15 bits per heavy atom. The lowest BCUT2D eigenvalue weighted by Gasteiger charge is -2.12. The van der Waals surface area contributed by atoms with Gasteiger partial charge in [-0.1, -0.05) is 24.3 Å². The van der Waals surface area contributed by atoms with Crippen LogP contribution in [0.5, 0.6) is 0 Å². The molecule has 6 heteroatoms. The molecule has 0 unspecified atom stereocenters. The summed E-state index contributed by atoms with van der Waals surface area (Å²) >= 11 is 0. The molecule has 0 atom stereocenters. The normalized spacial score (nSPS) is 10.7. The van der Waals surface area contributed by atoms with Crippen LogP contribution in [0, 0.1) is 13.8 Å². The zero-order valence-electron chi connectivity index (χ0n) is 15.8. The average Bonchev–Trinajstić information content (AvgIpc) is 2.61. The highest BCUT2D eigenvalue weighted by molar-refractivity contribution is 6.04. The van der Waals surface area contributed by atoms with Gasteiger partial charge in [-0.05, 0) is 64.2 Å². The molecule has 2 N–H and O–H groups in total. The number of rotatable bonds is 7. The van der Waals surface area contributed by atoms with E-state index in [1.807, 2.05) is 46.1 Å². The Morgan fingerprint density at radius 2 is 1.54 bits per heavy atom. The van der Waals surface area contributed by atoms with Gasteiger partial charge in [-0.15, -0.1) is 0 Å². The fourth-order valence-corrected chi connectivity index (χ4v) is 2.56. The molecule has 1 heterocycles. The zero-order valence-corrected chi connectivity index (χ0v) is 15.8. The Labute approximate surface area is 154 Å². The number of nitrogens with zero attached hydrogens (tertiary/aromatic N) is 2. The molecule has 0 saturated carbocycles. The quantitative estimate of drug-likeness (QED) is 0.750. The van der Waals surface area contributed by atoms with Gasteiger partial charge in [-0.25, -0.2) is 4.98 Å². The van der Waals surface area contributed by atoms with Crippen LogP contribution in [0.25, 0.3) is 0 Å². The van der Waals surface area contributed by atoms with E-state index < -0.39 is 0 Å². The van der Waals surface area contributed by atoms with E-state index in [2.05, 4.69) is 20.5 Å². The second kappa shape index (κ2) is 9.10. The second-order valence-corrected chi connectivity index (χ2v) is 6.54. The van der Waals surface area contributed by atoms with Crippen LogP contribution in [0.3, 0.4) is 0 Å². The highest BCUT2D eigenvalue weighted by Gasteiger charge is 2.14. The van der Waals surface area contributed by atoms with Gasteiger partial charge in [0, 0.05) is 12.2 Å². The van der Waals surface area contributed by atoms with Gasteiger partial charge in [0.05, 0.1) is 0 Å². The van der Waals surface area contributed by atoms with Gasteiger partial charge >= 0.3 is 0 Å². The number of hydrogen-bond acceptors (Lipinski definition) is 4. The Balaban J connectivity index is 2.03. The molecule has 138 valence electrons. The van der Waals surface area contributed by atoms with Gasteiger partial charge in [0.2, 0.25) is 0 Å². The third-order valence-electron chi connectivity index (χ3n) is 4.00. The monoisotopic (exact) mass is 354 g/mol. The lowest BCUT2D eigenvalue weighted by molar-refractivity contribution is 0.0947. The molecule has 0 spiro atoms. The summed E-state index contributed by atoms with van der Waals surface area (Å²) in [6.07, 6.45) is 0.853. The number of amides is 2. The van der Waals surface area contributed by atoms with Crippen LogP contribution >= 0.6 is 0 Å². The summed E-state index contributed by atoms with van der Waals surface area (Å²) in [6, 6.07) is 10.7. The van der Waals surface area contributed by atoms with Crippen LogP contribution in [0.2, 0.25) is 0 Å². The number of pyridine rings is 1. The van der Waals surface area contributed by atoms with Crippen molar-refractivity contribution < 1.29 is 9.59 Å². The van der Waals surface area contributed by atoms with Crippen LogP contribution < -0.4 is 10.6 Å². The summed E-state index contributed by atoms with van der Waals surface area (Å²) < 4.78 is 0. The van der Waals surface area contributed by atoms with E-state index in [1.165, 1.54) is 0 Å². The number of hydrogen-bond donors (Lipinski definition) is 2. The average molecular weight is 354 g/mol. The minimum Gasteiger partial charge on any atom is -0.351 e. The molecule has 6 nitrogen and oxygen atoms in total. The van der Waals surface area contributed by atoms with Gasteiger partial charge in [-0.2, -0.15) is 0 Å². The van der Waals surface area contributed by atoms with Crippen molar-refractivity contribution in [3.8, 4) is 0 Å². The number of carbonyl (C=O) groups is 2. The fourth-order valence-electron chi connectivity index (χ4n) is 2.56. The van der Waals surface area contributed by atoms with Gasteiger partial charge in [0.15, 0.2) is 0 Å². The summed E-state index contributed by atoms with van der Waals surface area (Å²) in [6.45, 7) is 5.34. The molecule has 26 heavy (non-hydrogen) atoms. The van der Waals surface area contributed by atoms with Gasteiger partial charge in [-0.3, -0.25) is 9.59 Å². The van der Waals surface area contributed by atoms with Crippen LogP contribution in [0.1, 0.15) is 38.5 Å². The molecule has 0 aliphatic carbocycles. The molecule has 2 aromatic rings. The molecule has 1 aromatic carbocycles. The minimum absolute atomic E-state index is 0.216. The first-order chi connectivity index (χ1) is 12.4. The number of para-hydroxylation sites is 1. The first-order valence-electron chi connectivity index (χ1n) is 8.66. The smallest absolute Gasteiger partial charge is 0.274 e. The maximum atomic E-state index is 12.5. The number of nitrogens with one attached hydrogen (secondary N) is 2. The predicted molar refractivity (Wildman–Crippen MR) is 104 cm³/mol. The van der Waals surface area contributed by atoms with Crippen LogP contribution in [0.4, 0.5) is 5.69 Å². The first kappa shape index (κ1) is 19.6. The maximum Gasteiger partial charge on any atom is 0.274 e. The van der Waals surface area contributed by atoms with Crippen molar-refractivity contribution in [1.82, 2.24) is 15.2 Å². The van der Waals surface area contributed by atoms with E-state index in [-0.39, 0.29) is 23.2 Å². The molecule has 0 aliphatic heterocycles. The molecule has 0 saturated heterocycles. The molecule has 2 rings (SSSR count). The molecule has 2 amide bonds. The summed E-state index contributed by atoms with van der Waals surface area (Å²) in [5.74, 6) is -0.602. The summed E-state index contributed by atoms with van der Waals surface area (Å²) in [5.41, 5.74) is 3.19. The molecule has 0 fully saturated rings.